The molecule has 2 aliphatic rings. The van der Waals surface area contributed by atoms with E-state index < -0.39 is 0 Å². The van der Waals surface area contributed by atoms with E-state index in [9.17, 15) is 5.11 Å². The second kappa shape index (κ2) is 7.05. The lowest BCUT2D eigenvalue weighted by atomic mass is 9.93. The van der Waals surface area contributed by atoms with Gasteiger partial charge < -0.3 is 15.4 Å². The highest BCUT2D eigenvalue weighted by atomic mass is 16.3. The maximum atomic E-state index is 9.91. The fourth-order valence-electron chi connectivity index (χ4n) is 4.43. The van der Waals surface area contributed by atoms with Crippen LogP contribution in [0, 0.1) is 0 Å². The smallest absolute Gasteiger partial charge is 0.179 e. The molecule has 0 saturated heterocycles. The van der Waals surface area contributed by atoms with E-state index in [4.69, 9.17) is 15.1 Å². The SMILES string of the molecule is O[C@H]1CC[C@H](n2nc(NCc3nc4ccccc4[nH]3)c3ncc(C4CC4)nc32)CC1. The average molecular weight is 403 g/mol. The first-order chi connectivity index (χ1) is 14.7. The second-order valence-electron chi connectivity index (χ2n) is 8.55. The Hall–Kier alpha value is -3.00. The van der Waals surface area contributed by atoms with Gasteiger partial charge in [-0.15, -0.1) is 0 Å². The Balaban J connectivity index is 1.33. The van der Waals surface area contributed by atoms with Gasteiger partial charge in [0.1, 0.15) is 5.82 Å². The molecule has 8 heteroatoms. The number of hydrogen-bond donors (Lipinski definition) is 3. The van der Waals surface area contributed by atoms with Crippen molar-refractivity contribution in [2.75, 3.05) is 5.32 Å². The van der Waals surface area contributed by atoms with E-state index in [0.29, 0.717) is 12.5 Å². The fourth-order valence-corrected chi connectivity index (χ4v) is 4.43. The molecule has 0 aliphatic heterocycles. The van der Waals surface area contributed by atoms with E-state index in [1.54, 1.807) is 0 Å². The van der Waals surface area contributed by atoms with Crippen molar-refractivity contribution in [1.82, 2.24) is 29.7 Å². The first kappa shape index (κ1) is 17.8. The number of aliphatic hydroxyl groups is 1. The molecule has 2 aliphatic carbocycles. The summed E-state index contributed by atoms with van der Waals surface area (Å²) in [4.78, 5) is 17.7. The minimum absolute atomic E-state index is 0.193. The maximum absolute atomic E-state index is 9.91. The summed E-state index contributed by atoms with van der Waals surface area (Å²) in [6.45, 7) is 0.538. The average Bonchev–Trinajstić information content (AvgIpc) is 3.44. The lowest BCUT2D eigenvalue weighted by Gasteiger charge is -2.25. The first-order valence-electron chi connectivity index (χ1n) is 10.9. The number of aromatic amines is 1. The van der Waals surface area contributed by atoms with Crippen LogP contribution >= 0.6 is 0 Å². The summed E-state index contributed by atoms with van der Waals surface area (Å²) >= 11 is 0. The number of anilines is 1. The van der Waals surface area contributed by atoms with Gasteiger partial charge >= 0.3 is 0 Å². The molecule has 0 atom stereocenters. The van der Waals surface area contributed by atoms with Crippen LogP contribution < -0.4 is 5.32 Å². The lowest BCUT2D eigenvalue weighted by molar-refractivity contribution is 0.109. The molecule has 8 nitrogen and oxygen atoms in total. The number of nitrogens with zero attached hydrogens (tertiary/aromatic N) is 5. The minimum atomic E-state index is -0.193. The Morgan fingerprint density at radius 3 is 2.70 bits per heavy atom. The van der Waals surface area contributed by atoms with E-state index in [2.05, 4.69) is 15.3 Å². The van der Waals surface area contributed by atoms with Crippen LogP contribution in [0.4, 0.5) is 5.82 Å². The molecule has 30 heavy (non-hydrogen) atoms. The van der Waals surface area contributed by atoms with E-state index in [1.807, 2.05) is 35.1 Å². The summed E-state index contributed by atoms with van der Waals surface area (Å²) in [5, 5.41) is 18.2. The van der Waals surface area contributed by atoms with Gasteiger partial charge in [0, 0.05) is 12.1 Å². The molecule has 0 spiro atoms. The quantitative estimate of drug-likeness (QED) is 0.470. The number of hydrogen-bond acceptors (Lipinski definition) is 6. The predicted octanol–water partition coefficient (Wildman–Crippen LogP) is 3.67. The normalized spacial score (nSPS) is 22.0. The zero-order valence-corrected chi connectivity index (χ0v) is 16.8. The number of nitrogens with one attached hydrogen (secondary N) is 2. The van der Waals surface area contributed by atoms with Crippen molar-refractivity contribution < 1.29 is 5.11 Å². The molecular formula is C22H25N7O. The minimum Gasteiger partial charge on any atom is -0.393 e. The number of para-hydroxylation sites is 2. The number of H-pyrrole nitrogens is 1. The molecule has 6 rings (SSSR count). The molecule has 0 unspecified atom stereocenters. The summed E-state index contributed by atoms with van der Waals surface area (Å²) in [5.41, 5.74) is 4.72. The summed E-state index contributed by atoms with van der Waals surface area (Å²) in [6.07, 6.45) is 7.55. The van der Waals surface area contributed by atoms with E-state index >= 15 is 0 Å². The van der Waals surface area contributed by atoms with E-state index in [-0.39, 0.29) is 12.1 Å². The van der Waals surface area contributed by atoms with Gasteiger partial charge in [-0.3, -0.25) is 0 Å². The molecule has 154 valence electrons. The molecule has 2 saturated carbocycles. The Labute approximate surface area is 173 Å². The molecule has 0 bridgehead atoms. The number of aliphatic hydroxyl groups excluding tert-OH is 1. The monoisotopic (exact) mass is 403 g/mol. The van der Waals surface area contributed by atoms with Crippen LogP contribution in [-0.2, 0) is 6.54 Å². The Kier molecular flexibility index (Phi) is 4.19. The maximum Gasteiger partial charge on any atom is 0.179 e. The fraction of sp³-hybridized carbons (Fsp3) is 0.455. The molecule has 0 amide bonds. The second-order valence-corrected chi connectivity index (χ2v) is 8.55. The molecule has 1 aromatic carbocycles. The third-order valence-corrected chi connectivity index (χ3v) is 6.29. The molecule has 3 heterocycles. The van der Waals surface area contributed by atoms with E-state index in [0.717, 1.165) is 65.2 Å². The van der Waals surface area contributed by atoms with Gasteiger partial charge in [0.15, 0.2) is 17.0 Å². The molecule has 3 aromatic heterocycles. The number of benzene rings is 1. The Morgan fingerprint density at radius 1 is 1.07 bits per heavy atom. The van der Waals surface area contributed by atoms with Gasteiger partial charge in [-0.05, 0) is 50.7 Å². The van der Waals surface area contributed by atoms with Crippen LogP contribution in [-0.4, -0.2) is 40.9 Å². The van der Waals surface area contributed by atoms with Crippen LogP contribution in [0.25, 0.3) is 22.2 Å². The third-order valence-electron chi connectivity index (χ3n) is 6.29. The predicted molar refractivity (Wildman–Crippen MR) is 114 cm³/mol. The van der Waals surface area contributed by atoms with Crippen molar-refractivity contribution in [3.05, 3.63) is 42.0 Å². The molecular weight excluding hydrogens is 378 g/mol. The van der Waals surface area contributed by atoms with Crippen molar-refractivity contribution in [3.8, 4) is 0 Å². The zero-order chi connectivity index (χ0) is 20.1. The van der Waals surface area contributed by atoms with Gasteiger partial charge in [-0.1, -0.05) is 12.1 Å². The molecule has 2 fully saturated rings. The van der Waals surface area contributed by atoms with Crippen LogP contribution in [0.5, 0.6) is 0 Å². The summed E-state index contributed by atoms with van der Waals surface area (Å²) < 4.78 is 2.04. The van der Waals surface area contributed by atoms with E-state index in [1.165, 1.54) is 12.8 Å². The summed E-state index contributed by atoms with van der Waals surface area (Å²) in [5.74, 6) is 2.15. The highest BCUT2D eigenvalue weighted by molar-refractivity contribution is 5.83. The van der Waals surface area contributed by atoms with Crippen molar-refractivity contribution >= 4 is 28.0 Å². The van der Waals surface area contributed by atoms with Crippen LogP contribution in [0.15, 0.2) is 30.5 Å². The number of aromatic nitrogens is 6. The van der Waals surface area contributed by atoms with Crippen molar-refractivity contribution in [1.29, 1.82) is 0 Å². The summed E-state index contributed by atoms with van der Waals surface area (Å²) in [7, 11) is 0. The largest absolute Gasteiger partial charge is 0.393 e. The Morgan fingerprint density at radius 2 is 1.90 bits per heavy atom. The van der Waals surface area contributed by atoms with Gasteiger partial charge in [0.05, 0.1) is 35.4 Å². The van der Waals surface area contributed by atoms with Crippen molar-refractivity contribution in [2.45, 2.75) is 63.1 Å². The molecule has 4 aromatic rings. The van der Waals surface area contributed by atoms with Crippen molar-refractivity contribution in [3.63, 3.8) is 0 Å². The van der Waals surface area contributed by atoms with Gasteiger partial charge in [-0.2, -0.15) is 5.10 Å². The standard InChI is InChI=1S/C22H25N7O/c30-15-9-7-14(8-10-15)29-22-20(23-11-18(27-22)13-5-6-13)21(28-29)24-12-19-25-16-3-1-2-4-17(16)26-19/h1-4,11,13-15,30H,5-10,12H2,(H,24,28)(H,25,26)/t14-,15-. The first-order valence-corrected chi connectivity index (χ1v) is 10.9. The van der Waals surface area contributed by atoms with Crippen LogP contribution in [0.3, 0.4) is 0 Å². The van der Waals surface area contributed by atoms with Crippen molar-refractivity contribution in [2.24, 2.45) is 0 Å². The topological polar surface area (TPSA) is 105 Å². The number of fused-ring (bicyclic) bond motifs is 2. The van der Waals surface area contributed by atoms with Crippen LogP contribution in [0.2, 0.25) is 0 Å². The van der Waals surface area contributed by atoms with Gasteiger partial charge in [0.25, 0.3) is 0 Å². The molecule has 3 N–H and O–H groups in total. The summed E-state index contributed by atoms with van der Waals surface area (Å²) in [6, 6.07) is 8.27. The lowest BCUT2D eigenvalue weighted by Crippen LogP contribution is -2.22. The van der Waals surface area contributed by atoms with Crippen LogP contribution in [0.1, 0.15) is 62.0 Å². The van der Waals surface area contributed by atoms with Gasteiger partial charge in [0.2, 0.25) is 0 Å². The molecule has 0 radical (unpaired) electrons. The van der Waals surface area contributed by atoms with Gasteiger partial charge in [-0.25, -0.2) is 19.6 Å². The highest BCUT2D eigenvalue weighted by Crippen LogP contribution is 2.40. The zero-order valence-electron chi connectivity index (χ0n) is 16.8. The number of rotatable bonds is 5. The Bertz CT molecular complexity index is 1170. The third kappa shape index (κ3) is 3.21. The number of imidazole rings is 1. The highest BCUT2D eigenvalue weighted by Gasteiger charge is 2.29.